The van der Waals surface area contributed by atoms with Gasteiger partial charge in [0.1, 0.15) is 0 Å². The third-order valence-electron chi connectivity index (χ3n) is 2.50. The first-order valence-corrected chi connectivity index (χ1v) is 5.07. The topological polar surface area (TPSA) is 63.0 Å². The fourth-order valence-electron chi connectivity index (χ4n) is 1.72. The van der Waals surface area contributed by atoms with Crippen LogP contribution in [0.25, 0.3) is 0 Å². The Morgan fingerprint density at radius 3 is 2.93 bits per heavy atom. The Morgan fingerprint density at radius 1 is 1.43 bits per heavy atom. The van der Waals surface area contributed by atoms with Crippen LogP contribution < -0.4 is 10.6 Å². The normalized spacial score (nSPS) is 18.6. The van der Waals surface area contributed by atoms with E-state index >= 15 is 0 Å². The predicted octanol–water partition coefficient (Wildman–Crippen LogP) is 0.256. The zero-order valence-electron chi connectivity index (χ0n) is 8.42. The van der Waals surface area contributed by atoms with E-state index in [2.05, 4.69) is 20.8 Å². The van der Waals surface area contributed by atoms with Crippen LogP contribution >= 0.6 is 0 Å². The molecule has 78 valence electrons. The molecule has 0 radical (unpaired) electrons. The van der Waals surface area contributed by atoms with Crippen LogP contribution in [0.15, 0.2) is 4.42 Å². The van der Waals surface area contributed by atoms with E-state index in [1.165, 1.54) is 0 Å². The lowest BCUT2D eigenvalue weighted by atomic mass is 9.98. The minimum atomic E-state index is 0.453. The largest absolute Gasteiger partial charge is 0.424 e. The maximum Gasteiger partial charge on any atom is 0.230 e. The van der Waals surface area contributed by atoms with Crippen LogP contribution in [0.2, 0.25) is 0 Å². The molecule has 1 aliphatic rings. The number of nitrogens with one attached hydrogen (secondary N) is 2. The van der Waals surface area contributed by atoms with Gasteiger partial charge in [0, 0.05) is 5.92 Å². The summed E-state index contributed by atoms with van der Waals surface area (Å²) in [4.78, 5) is 0. The summed E-state index contributed by atoms with van der Waals surface area (Å²) in [5.41, 5.74) is 0. The lowest BCUT2D eigenvalue weighted by Crippen LogP contribution is -2.26. The standard InChI is InChI=1S/C9H16N4O/c1-10-6-8-12-13-9(14-8)7-2-4-11-5-3-7/h7,10-11H,2-6H2,1H3. The van der Waals surface area contributed by atoms with Gasteiger partial charge in [-0.2, -0.15) is 0 Å². The van der Waals surface area contributed by atoms with E-state index in [4.69, 9.17) is 4.42 Å². The Hall–Kier alpha value is -0.940. The first-order valence-electron chi connectivity index (χ1n) is 5.07. The van der Waals surface area contributed by atoms with Crippen LogP contribution in [0.5, 0.6) is 0 Å². The fraction of sp³-hybridized carbons (Fsp3) is 0.778. The molecule has 1 aromatic heterocycles. The third-order valence-corrected chi connectivity index (χ3v) is 2.50. The van der Waals surface area contributed by atoms with E-state index in [-0.39, 0.29) is 0 Å². The number of hydrogen-bond acceptors (Lipinski definition) is 5. The summed E-state index contributed by atoms with van der Waals surface area (Å²) in [5.74, 6) is 1.94. The molecule has 2 rings (SSSR count). The highest BCUT2D eigenvalue weighted by Gasteiger charge is 2.20. The van der Waals surface area contributed by atoms with Gasteiger partial charge < -0.3 is 15.1 Å². The average Bonchev–Trinajstić information content (AvgIpc) is 2.68. The Kier molecular flexibility index (Phi) is 3.10. The van der Waals surface area contributed by atoms with Crippen molar-refractivity contribution in [2.45, 2.75) is 25.3 Å². The zero-order chi connectivity index (χ0) is 9.80. The molecule has 0 aliphatic carbocycles. The van der Waals surface area contributed by atoms with Crippen molar-refractivity contribution < 1.29 is 4.42 Å². The van der Waals surface area contributed by atoms with E-state index in [0.29, 0.717) is 18.4 Å². The Labute approximate surface area is 83.3 Å². The lowest BCUT2D eigenvalue weighted by molar-refractivity contribution is 0.357. The molecule has 0 amide bonds. The van der Waals surface area contributed by atoms with E-state index in [9.17, 15) is 0 Å². The number of piperidine rings is 1. The molecule has 0 spiro atoms. The van der Waals surface area contributed by atoms with Gasteiger partial charge in [0.25, 0.3) is 0 Å². The van der Waals surface area contributed by atoms with Crippen LogP contribution in [0.1, 0.15) is 30.5 Å². The average molecular weight is 196 g/mol. The summed E-state index contributed by atoms with van der Waals surface area (Å²) in [5, 5.41) is 14.4. The zero-order valence-corrected chi connectivity index (χ0v) is 8.42. The lowest BCUT2D eigenvalue weighted by Gasteiger charge is -2.18. The van der Waals surface area contributed by atoms with Crippen molar-refractivity contribution in [2.24, 2.45) is 0 Å². The molecule has 1 aromatic rings. The highest BCUT2D eigenvalue weighted by molar-refractivity contribution is 4.93. The van der Waals surface area contributed by atoms with Crippen LogP contribution in [-0.4, -0.2) is 30.3 Å². The Bertz CT molecular complexity index is 280. The number of hydrogen-bond donors (Lipinski definition) is 2. The highest BCUT2D eigenvalue weighted by atomic mass is 16.4. The molecule has 0 atom stereocenters. The van der Waals surface area contributed by atoms with Gasteiger partial charge in [0.15, 0.2) is 0 Å². The van der Waals surface area contributed by atoms with Crippen molar-refractivity contribution in [2.75, 3.05) is 20.1 Å². The van der Waals surface area contributed by atoms with Gasteiger partial charge >= 0.3 is 0 Å². The van der Waals surface area contributed by atoms with Gasteiger partial charge in [0.05, 0.1) is 6.54 Å². The molecule has 0 bridgehead atoms. The van der Waals surface area contributed by atoms with E-state index < -0.39 is 0 Å². The van der Waals surface area contributed by atoms with E-state index in [0.717, 1.165) is 31.8 Å². The summed E-state index contributed by atoms with van der Waals surface area (Å²) in [6.45, 7) is 2.75. The summed E-state index contributed by atoms with van der Waals surface area (Å²) < 4.78 is 5.55. The van der Waals surface area contributed by atoms with Gasteiger partial charge in [-0.1, -0.05) is 0 Å². The van der Waals surface area contributed by atoms with Gasteiger partial charge in [0.2, 0.25) is 11.8 Å². The molecular formula is C9H16N4O. The summed E-state index contributed by atoms with van der Waals surface area (Å²) in [6.07, 6.45) is 2.20. The van der Waals surface area contributed by atoms with Crippen molar-refractivity contribution >= 4 is 0 Å². The third kappa shape index (κ3) is 2.10. The Balaban J connectivity index is 2.00. The molecule has 5 nitrogen and oxygen atoms in total. The molecule has 1 fully saturated rings. The summed E-state index contributed by atoms with van der Waals surface area (Å²) in [7, 11) is 1.87. The molecule has 2 N–H and O–H groups in total. The van der Waals surface area contributed by atoms with Gasteiger partial charge in [-0.25, -0.2) is 0 Å². The van der Waals surface area contributed by atoms with Crippen LogP contribution in [0, 0.1) is 0 Å². The quantitative estimate of drug-likeness (QED) is 0.726. The van der Waals surface area contributed by atoms with E-state index in [1.807, 2.05) is 7.05 Å². The second-order valence-corrected chi connectivity index (χ2v) is 3.59. The smallest absolute Gasteiger partial charge is 0.230 e. The molecule has 0 saturated carbocycles. The van der Waals surface area contributed by atoms with Crippen molar-refractivity contribution in [3.05, 3.63) is 11.8 Å². The van der Waals surface area contributed by atoms with Gasteiger partial charge in [-0.05, 0) is 33.0 Å². The molecule has 1 saturated heterocycles. The first kappa shape index (κ1) is 9.61. The van der Waals surface area contributed by atoms with Gasteiger partial charge in [-0.15, -0.1) is 10.2 Å². The molecule has 1 aliphatic heterocycles. The fourth-order valence-corrected chi connectivity index (χ4v) is 1.72. The molecule has 5 heteroatoms. The van der Waals surface area contributed by atoms with Crippen LogP contribution in [0.4, 0.5) is 0 Å². The van der Waals surface area contributed by atoms with Gasteiger partial charge in [-0.3, -0.25) is 0 Å². The second kappa shape index (κ2) is 4.52. The first-order chi connectivity index (χ1) is 6.90. The molecular weight excluding hydrogens is 180 g/mol. The molecule has 2 heterocycles. The Morgan fingerprint density at radius 2 is 2.21 bits per heavy atom. The minimum Gasteiger partial charge on any atom is -0.424 e. The maximum absolute atomic E-state index is 5.55. The number of nitrogens with zero attached hydrogens (tertiary/aromatic N) is 2. The maximum atomic E-state index is 5.55. The molecule has 0 aromatic carbocycles. The van der Waals surface area contributed by atoms with Crippen LogP contribution in [0.3, 0.4) is 0 Å². The summed E-state index contributed by atoms with van der Waals surface area (Å²) >= 11 is 0. The highest BCUT2D eigenvalue weighted by Crippen LogP contribution is 2.23. The molecule has 0 unspecified atom stereocenters. The van der Waals surface area contributed by atoms with Crippen LogP contribution in [-0.2, 0) is 6.54 Å². The van der Waals surface area contributed by atoms with Crippen molar-refractivity contribution in [3.8, 4) is 0 Å². The SMILES string of the molecule is CNCc1nnc(C2CCNCC2)o1. The van der Waals surface area contributed by atoms with Crippen molar-refractivity contribution in [3.63, 3.8) is 0 Å². The number of aromatic nitrogens is 2. The van der Waals surface area contributed by atoms with E-state index in [1.54, 1.807) is 0 Å². The molecule has 14 heavy (non-hydrogen) atoms. The monoisotopic (exact) mass is 196 g/mol. The second-order valence-electron chi connectivity index (χ2n) is 3.59. The predicted molar refractivity (Wildman–Crippen MR) is 51.9 cm³/mol. The summed E-state index contributed by atoms with van der Waals surface area (Å²) in [6, 6.07) is 0. The van der Waals surface area contributed by atoms with Crippen molar-refractivity contribution in [1.82, 2.24) is 20.8 Å². The minimum absolute atomic E-state index is 0.453. The van der Waals surface area contributed by atoms with Crippen molar-refractivity contribution in [1.29, 1.82) is 0 Å². The number of rotatable bonds is 3.